The second kappa shape index (κ2) is 7.70. The largest absolute Gasteiger partial charge is 0.460 e. The van der Waals surface area contributed by atoms with Crippen molar-refractivity contribution in [3.63, 3.8) is 0 Å². The van der Waals surface area contributed by atoms with Crippen molar-refractivity contribution in [2.45, 2.75) is 78.7 Å². The molecule has 0 amide bonds. The van der Waals surface area contributed by atoms with Crippen LogP contribution in [-0.4, -0.2) is 11.6 Å². The summed E-state index contributed by atoms with van der Waals surface area (Å²) in [6, 6.07) is 0. The molecular weight excluding hydrogens is 200 g/mol. The van der Waals surface area contributed by atoms with Crippen molar-refractivity contribution >= 4 is 5.97 Å². The Kier molecular flexibility index (Phi) is 7.44. The van der Waals surface area contributed by atoms with Gasteiger partial charge in [-0.15, -0.1) is 0 Å². The fourth-order valence-electron chi connectivity index (χ4n) is 1.69. The molecule has 0 aromatic heterocycles. The molecule has 1 unspecified atom stereocenters. The molecule has 0 heterocycles. The molecule has 0 saturated carbocycles. The van der Waals surface area contributed by atoms with Gasteiger partial charge in [0.25, 0.3) is 0 Å². The number of unbranched alkanes of at least 4 members (excludes halogenated alkanes) is 3. The van der Waals surface area contributed by atoms with E-state index in [-0.39, 0.29) is 11.6 Å². The fourth-order valence-corrected chi connectivity index (χ4v) is 1.69. The van der Waals surface area contributed by atoms with Crippen LogP contribution in [0.15, 0.2) is 0 Å². The summed E-state index contributed by atoms with van der Waals surface area (Å²) in [7, 11) is 0. The Morgan fingerprint density at radius 1 is 1.19 bits per heavy atom. The molecule has 0 saturated heterocycles. The maximum absolute atomic E-state index is 11.5. The van der Waals surface area contributed by atoms with Crippen molar-refractivity contribution in [3.8, 4) is 0 Å². The normalized spacial score (nSPS) is 13.6. The summed E-state index contributed by atoms with van der Waals surface area (Å²) in [5.74, 6) is 0.391. The van der Waals surface area contributed by atoms with E-state index in [2.05, 4.69) is 13.8 Å². The van der Waals surface area contributed by atoms with E-state index in [1.165, 1.54) is 25.7 Å². The number of hydrogen-bond acceptors (Lipinski definition) is 2. The summed E-state index contributed by atoms with van der Waals surface area (Å²) in [4.78, 5) is 11.5. The van der Waals surface area contributed by atoms with Gasteiger partial charge in [0.05, 0.1) is 0 Å². The molecule has 0 aromatic carbocycles. The van der Waals surface area contributed by atoms with E-state index in [1.807, 2.05) is 20.8 Å². The highest BCUT2D eigenvalue weighted by Crippen LogP contribution is 2.16. The van der Waals surface area contributed by atoms with Gasteiger partial charge in [0.1, 0.15) is 5.60 Å². The van der Waals surface area contributed by atoms with Crippen LogP contribution in [0.5, 0.6) is 0 Å². The third-order valence-electron chi connectivity index (χ3n) is 2.49. The smallest absolute Gasteiger partial charge is 0.306 e. The van der Waals surface area contributed by atoms with Crippen molar-refractivity contribution < 1.29 is 9.53 Å². The number of ether oxygens (including phenoxy) is 1. The summed E-state index contributed by atoms with van der Waals surface area (Å²) >= 11 is 0. The molecule has 0 N–H and O–H groups in total. The predicted molar refractivity (Wildman–Crippen MR) is 68.4 cm³/mol. The van der Waals surface area contributed by atoms with Gasteiger partial charge in [-0.1, -0.05) is 46.0 Å². The standard InChI is InChI=1S/C14H28O2/c1-6-7-8-9-10-12(2)11-13(15)16-14(3,4)5/h12H,6-11H2,1-5H3. The van der Waals surface area contributed by atoms with Crippen LogP contribution in [0.2, 0.25) is 0 Å². The minimum atomic E-state index is -0.348. The van der Waals surface area contributed by atoms with Gasteiger partial charge < -0.3 is 4.74 Å². The van der Waals surface area contributed by atoms with Gasteiger partial charge in [0, 0.05) is 6.42 Å². The van der Waals surface area contributed by atoms with E-state index in [1.54, 1.807) is 0 Å². The van der Waals surface area contributed by atoms with Crippen molar-refractivity contribution in [1.29, 1.82) is 0 Å². The number of carbonyl (C=O) groups is 1. The van der Waals surface area contributed by atoms with E-state index in [0.29, 0.717) is 12.3 Å². The molecule has 0 radical (unpaired) electrons. The van der Waals surface area contributed by atoms with E-state index in [4.69, 9.17) is 4.74 Å². The highest BCUT2D eigenvalue weighted by atomic mass is 16.6. The Labute approximate surface area is 101 Å². The van der Waals surface area contributed by atoms with Gasteiger partial charge in [0.15, 0.2) is 0 Å². The zero-order valence-corrected chi connectivity index (χ0v) is 11.6. The quantitative estimate of drug-likeness (QED) is 0.479. The zero-order valence-electron chi connectivity index (χ0n) is 11.6. The SMILES string of the molecule is CCCCCCC(C)CC(=O)OC(C)(C)C. The summed E-state index contributed by atoms with van der Waals surface area (Å²) in [6.45, 7) is 10.1. The Bertz CT molecular complexity index is 191. The van der Waals surface area contributed by atoms with E-state index in [9.17, 15) is 4.79 Å². The van der Waals surface area contributed by atoms with Gasteiger partial charge in [-0.05, 0) is 26.7 Å². The lowest BCUT2D eigenvalue weighted by atomic mass is 9.99. The predicted octanol–water partition coefficient (Wildman–Crippen LogP) is 4.32. The Morgan fingerprint density at radius 2 is 1.81 bits per heavy atom. The highest BCUT2D eigenvalue weighted by molar-refractivity contribution is 5.70. The summed E-state index contributed by atoms with van der Waals surface area (Å²) in [5.41, 5.74) is -0.348. The third kappa shape index (κ3) is 10.0. The van der Waals surface area contributed by atoms with Crippen LogP contribution >= 0.6 is 0 Å². The minimum Gasteiger partial charge on any atom is -0.460 e. The fraction of sp³-hybridized carbons (Fsp3) is 0.929. The number of rotatable bonds is 7. The molecule has 0 bridgehead atoms. The molecule has 1 atom stereocenters. The molecule has 0 aliphatic heterocycles. The summed E-state index contributed by atoms with van der Waals surface area (Å²) in [5, 5.41) is 0. The monoisotopic (exact) mass is 228 g/mol. The first-order valence-electron chi connectivity index (χ1n) is 6.57. The molecule has 0 fully saturated rings. The van der Waals surface area contributed by atoms with Gasteiger partial charge in [-0.25, -0.2) is 0 Å². The molecular formula is C14H28O2. The highest BCUT2D eigenvalue weighted by Gasteiger charge is 2.18. The molecule has 2 nitrogen and oxygen atoms in total. The van der Waals surface area contributed by atoms with Gasteiger partial charge >= 0.3 is 5.97 Å². The molecule has 0 aromatic rings. The number of hydrogen-bond donors (Lipinski definition) is 0. The molecule has 0 aliphatic rings. The van der Waals surface area contributed by atoms with Crippen molar-refractivity contribution in [2.75, 3.05) is 0 Å². The van der Waals surface area contributed by atoms with Crippen LogP contribution in [-0.2, 0) is 9.53 Å². The average molecular weight is 228 g/mol. The number of esters is 1. The first-order valence-corrected chi connectivity index (χ1v) is 6.57. The van der Waals surface area contributed by atoms with Gasteiger partial charge in [0.2, 0.25) is 0 Å². The first-order chi connectivity index (χ1) is 7.35. The lowest BCUT2D eigenvalue weighted by molar-refractivity contribution is -0.155. The number of carbonyl (C=O) groups excluding carboxylic acids is 1. The summed E-state index contributed by atoms with van der Waals surface area (Å²) < 4.78 is 5.30. The Balaban J connectivity index is 3.62. The second-order valence-electron chi connectivity index (χ2n) is 5.75. The summed E-state index contributed by atoms with van der Waals surface area (Å²) in [6.07, 6.45) is 6.79. The molecule has 0 rings (SSSR count). The van der Waals surface area contributed by atoms with Crippen LogP contribution in [0, 0.1) is 5.92 Å². The molecule has 0 aliphatic carbocycles. The maximum Gasteiger partial charge on any atom is 0.306 e. The Morgan fingerprint density at radius 3 is 2.31 bits per heavy atom. The Hall–Kier alpha value is -0.530. The second-order valence-corrected chi connectivity index (χ2v) is 5.75. The van der Waals surface area contributed by atoms with Crippen LogP contribution in [0.25, 0.3) is 0 Å². The maximum atomic E-state index is 11.5. The van der Waals surface area contributed by atoms with E-state index >= 15 is 0 Å². The van der Waals surface area contributed by atoms with Crippen molar-refractivity contribution in [2.24, 2.45) is 5.92 Å². The zero-order chi connectivity index (χ0) is 12.6. The van der Waals surface area contributed by atoms with Crippen LogP contribution in [0.4, 0.5) is 0 Å². The molecule has 96 valence electrons. The first kappa shape index (κ1) is 15.5. The van der Waals surface area contributed by atoms with E-state index < -0.39 is 0 Å². The van der Waals surface area contributed by atoms with Crippen molar-refractivity contribution in [3.05, 3.63) is 0 Å². The van der Waals surface area contributed by atoms with Crippen LogP contribution in [0.3, 0.4) is 0 Å². The molecule has 16 heavy (non-hydrogen) atoms. The lowest BCUT2D eigenvalue weighted by Crippen LogP contribution is -2.24. The third-order valence-corrected chi connectivity index (χ3v) is 2.49. The topological polar surface area (TPSA) is 26.3 Å². The average Bonchev–Trinajstić information content (AvgIpc) is 2.09. The van der Waals surface area contributed by atoms with Crippen LogP contribution in [0.1, 0.15) is 73.1 Å². The molecule has 2 heteroatoms. The van der Waals surface area contributed by atoms with Gasteiger partial charge in [-0.3, -0.25) is 4.79 Å². The minimum absolute atomic E-state index is 0.0597. The molecule has 0 spiro atoms. The van der Waals surface area contributed by atoms with E-state index in [0.717, 1.165) is 6.42 Å². The van der Waals surface area contributed by atoms with Gasteiger partial charge in [-0.2, -0.15) is 0 Å². The van der Waals surface area contributed by atoms with Crippen LogP contribution < -0.4 is 0 Å². The van der Waals surface area contributed by atoms with Crippen molar-refractivity contribution in [1.82, 2.24) is 0 Å². The lowest BCUT2D eigenvalue weighted by Gasteiger charge is -2.20.